The molecule has 2 aromatic heterocycles. The SMILES string of the molecule is Cc1csc([C@H](C#N)C(=O)COC(=O)c2ccc3nc(C)c(C)nc3c2)n1. The number of benzene rings is 1. The molecule has 136 valence electrons. The Hall–Kier alpha value is -3.18. The maximum absolute atomic E-state index is 12.3. The number of hydrogen-bond donors (Lipinski definition) is 0. The van der Waals surface area contributed by atoms with Gasteiger partial charge in [0.15, 0.2) is 18.3 Å². The summed E-state index contributed by atoms with van der Waals surface area (Å²) in [5, 5.41) is 11.4. The molecule has 27 heavy (non-hydrogen) atoms. The predicted octanol–water partition coefficient (Wildman–Crippen LogP) is 3.04. The van der Waals surface area contributed by atoms with Crippen molar-refractivity contribution in [1.82, 2.24) is 15.0 Å². The summed E-state index contributed by atoms with van der Waals surface area (Å²) in [6.45, 7) is 5.00. The second-order valence-electron chi connectivity index (χ2n) is 6.03. The van der Waals surface area contributed by atoms with E-state index in [0.29, 0.717) is 16.0 Å². The monoisotopic (exact) mass is 380 g/mol. The molecular formula is C19H16N4O3S. The normalized spacial score (nSPS) is 11.8. The summed E-state index contributed by atoms with van der Waals surface area (Å²) in [7, 11) is 0. The van der Waals surface area contributed by atoms with Crippen LogP contribution >= 0.6 is 11.3 Å². The second-order valence-corrected chi connectivity index (χ2v) is 6.92. The number of ketones is 1. The first kappa shape index (κ1) is 18.6. The number of carbonyl (C=O) groups is 2. The average Bonchev–Trinajstić information content (AvgIpc) is 3.07. The van der Waals surface area contributed by atoms with E-state index in [9.17, 15) is 14.9 Å². The van der Waals surface area contributed by atoms with E-state index in [1.165, 1.54) is 11.3 Å². The Kier molecular flexibility index (Phi) is 5.23. The fourth-order valence-electron chi connectivity index (χ4n) is 2.43. The number of thiazole rings is 1. The average molecular weight is 380 g/mol. The summed E-state index contributed by atoms with van der Waals surface area (Å²) < 4.78 is 5.09. The molecule has 0 saturated carbocycles. The molecule has 0 saturated heterocycles. The zero-order valence-corrected chi connectivity index (χ0v) is 15.8. The Morgan fingerprint density at radius 3 is 2.48 bits per heavy atom. The van der Waals surface area contributed by atoms with Crippen LogP contribution in [-0.2, 0) is 9.53 Å². The van der Waals surface area contributed by atoms with Crippen LogP contribution < -0.4 is 0 Å². The molecule has 8 heteroatoms. The Morgan fingerprint density at radius 1 is 1.15 bits per heavy atom. The molecule has 0 aliphatic heterocycles. The van der Waals surface area contributed by atoms with E-state index in [4.69, 9.17) is 4.74 Å². The molecule has 1 aromatic carbocycles. The van der Waals surface area contributed by atoms with Crippen molar-refractivity contribution in [3.8, 4) is 6.07 Å². The van der Waals surface area contributed by atoms with Gasteiger partial charge in [-0.05, 0) is 39.0 Å². The van der Waals surface area contributed by atoms with Gasteiger partial charge in [0, 0.05) is 11.1 Å². The van der Waals surface area contributed by atoms with E-state index in [1.807, 2.05) is 19.9 Å². The van der Waals surface area contributed by atoms with Crippen LogP contribution in [0.4, 0.5) is 0 Å². The zero-order valence-electron chi connectivity index (χ0n) is 15.0. The number of fused-ring (bicyclic) bond motifs is 1. The fraction of sp³-hybridized carbons (Fsp3) is 0.263. The largest absolute Gasteiger partial charge is 0.454 e. The Morgan fingerprint density at radius 2 is 1.85 bits per heavy atom. The van der Waals surface area contributed by atoms with Crippen LogP contribution in [0.25, 0.3) is 11.0 Å². The molecule has 0 bridgehead atoms. The first-order valence-electron chi connectivity index (χ1n) is 8.15. The molecular weight excluding hydrogens is 364 g/mol. The van der Waals surface area contributed by atoms with E-state index in [-0.39, 0.29) is 5.56 Å². The lowest BCUT2D eigenvalue weighted by molar-refractivity contribution is -0.122. The van der Waals surface area contributed by atoms with Crippen LogP contribution in [0.1, 0.15) is 38.4 Å². The molecule has 0 radical (unpaired) electrons. The summed E-state index contributed by atoms with van der Waals surface area (Å²) in [4.78, 5) is 37.5. The second kappa shape index (κ2) is 7.60. The lowest BCUT2D eigenvalue weighted by Crippen LogP contribution is -2.20. The molecule has 7 nitrogen and oxygen atoms in total. The molecule has 3 aromatic rings. The van der Waals surface area contributed by atoms with Gasteiger partial charge in [-0.2, -0.15) is 5.26 Å². The summed E-state index contributed by atoms with van der Waals surface area (Å²) in [5.41, 5.74) is 3.86. The summed E-state index contributed by atoms with van der Waals surface area (Å²) in [6, 6.07) is 6.75. The van der Waals surface area contributed by atoms with E-state index in [2.05, 4.69) is 15.0 Å². The quantitative estimate of drug-likeness (QED) is 0.626. The third kappa shape index (κ3) is 3.99. The number of rotatable bonds is 5. The summed E-state index contributed by atoms with van der Waals surface area (Å²) >= 11 is 1.23. The molecule has 0 fully saturated rings. The smallest absolute Gasteiger partial charge is 0.338 e. The molecule has 0 aliphatic carbocycles. The van der Waals surface area contributed by atoms with Crippen LogP contribution in [0, 0.1) is 32.1 Å². The highest BCUT2D eigenvalue weighted by Crippen LogP contribution is 2.21. The minimum absolute atomic E-state index is 0.270. The van der Waals surface area contributed by atoms with E-state index < -0.39 is 24.3 Å². The fourth-order valence-corrected chi connectivity index (χ4v) is 3.29. The van der Waals surface area contributed by atoms with Gasteiger partial charge in [-0.3, -0.25) is 4.79 Å². The van der Waals surface area contributed by atoms with Crippen LogP contribution in [0.5, 0.6) is 0 Å². The third-order valence-electron chi connectivity index (χ3n) is 3.99. The van der Waals surface area contributed by atoms with E-state index >= 15 is 0 Å². The Balaban J connectivity index is 1.71. The van der Waals surface area contributed by atoms with Crippen molar-refractivity contribution in [2.45, 2.75) is 26.7 Å². The summed E-state index contributed by atoms with van der Waals surface area (Å²) in [5.74, 6) is -2.20. The topological polar surface area (TPSA) is 106 Å². The standard InChI is InChI=1S/C19H16N4O3S/c1-10-9-27-18(21-10)14(7-20)17(24)8-26-19(25)13-4-5-15-16(6-13)23-12(3)11(2)22-15/h4-6,9,14H,8H2,1-3H3/t14-/m1/s1. The maximum atomic E-state index is 12.3. The van der Waals surface area contributed by atoms with Crippen LogP contribution in [0.2, 0.25) is 0 Å². The number of ether oxygens (including phenoxy) is 1. The molecule has 3 rings (SSSR count). The highest BCUT2D eigenvalue weighted by Gasteiger charge is 2.24. The molecule has 0 N–H and O–H groups in total. The van der Waals surface area contributed by atoms with Gasteiger partial charge in [-0.25, -0.2) is 19.7 Å². The third-order valence-corrected chi connectivity index (χ3v) is 5.02. The van der Waals surface area contributed by atoms with E-state index in [1.54, 1.807) is 30.5 Å². The number of Topliss-reactive ketones (excluding diaryl/α,β-unsaturated/α-hetero) is 1. The lowest BCUT2D eigenvalue weighted by Gasteiger charge is -2.08. The molecule has 0 amide bonds. The molecule has 1 atom stereocenters. The van der Waals surface area contributed by atoms with E-state index in [0.717, 1.165) is 17.1 Å². The maximum Gasteiger partial charge on any atom is 0.338 e. The number of hydrogen-bond acceptors (Lipinski definition) is 8. The molecule has 0 unspecified atom stereocenters. The van der Waals surface area contributed by atoms with Crippen molar-refractivity contribution < 1.29 is 14.3 Å². The van der Waals surface area contributed by atoms with Crippen LogP contribution in [0.15, 0.2) is 23.6 Å². The van der Waals surface area contributed by atoms with Gasteiger partial charge in [0.2, 0.25) is 0 Å². The molecule has 2 heterocycles. The van der Waals surface area contributed by atoms with Gasteiger partial charge < -0.3 is 4.74 Å². The number of aromatic nitrogens is 3. The van der Waals surface area contributed by atoms with Crippen LogP contribution in [0.3, 0.4) is 0 Å². The van der Waals surface area contributed by atoms with Crippen molar-refractivity contribution in [2.24, 2.45) is 0 Å². The summed E-state index contributed by atoms with van der Waals surface area (Å²) in [6.07, 6.45) is 0. The highest BCUT2D eigenvalue weighted by atomic mass is 32.1. The Labute approximate surface area is 159 Å². The van der Waals surface area contributed by atoms with Crippen molar-refractivity contribution in [3.63, 3.8) is 0 Å². The van der Waals surface area contributed by atoms with Gasteiger partial charge in [0.1, 0.15) is 5.01 Å². The van der Waals surface area contributed by atoms with Gasteiger partial charge in [-0.15, -0.1) is 11.3 Å². The van der Waals surface area contributed by atoms with Crippen molar-refractivity contribution in [1.29, 1.82) is 5.26 Å². The number of nitrogens with zero attached hydrogens (tertiary/aromatic N) is 4. The van der Waals surface area contributed by atoms with Crippen molar-refractivity contribution in [2.75, 3.05) is 6.61 Å². The molecule has 0 spiro atoms. The van der Waals surface area contributed by atoms with Gasteiger partial charge in [0.25, 0.3) is 0 Å². The first-order valence-corrected chi connectivity index (χ1v) is 9.03. The minimum Gasteiger partial charge on any atom is -0.454 e. The zero-order chi connectivity index (χ0) is 19.6. The number of nitriles is 1. The first-order chi connectivity index (χ1) is 12.9. The number of carbonyl (C=O) groups excluding carboxylic acids is 2. The van der Waals surface area contributed by atoms with Gasteiger partial charge in [-0.1, -0.05) is 0 Å². The predicted molar refractivity (Wildman–Crippen MR) is 99.5 cm³/mol. The number of esters is 1. The van der Waals surface area contributed by atoms with Gasteiger partial charge >= 0.3 is 5.97 Å². The van der Waals surface area contributed by atoms with Crippen molar-refractivity contribution in [3.05, 3.63) is 51.2 Å². The van der Waals surface area contributed by atoms with Gasteiger partial charge in [0.05, 0.1) is 34.1 Å². The van der Waals surface area contributed by atoms with Crippen LogP contribution in [-0.4, -0.2) is 33.3 Å². The highest BCUT2D eigenvalue weighted by molar-refractivity contribution is 7.09. The number of aryl methyl sites for hydroxylation is 3. The molecule has 0 aliphatic rings. The minimum atomic E-state index is -1.04. The Bertz CT molecular complexity index is 1080. The van der Waals surface area contributed by atoms with Crippen molar-refractivity contribution >= 4 is 34.1 Å². The lowest BCUT2D eigenvalue weighted by atomic mass is 10.1.